The van der Waals surface area contributed by atoms with E-state index in [9.17, 15) is 4.39 Å². The van der Waals surface area contributed by atoms with Crippen molar-refractivity contribution in [3.63, 3.8) is 0 Å². The fourth-order valence-electron chi connectivity index (χ4n) is 1.34. The molecule has 0 atom stereocenters. The lowest BCUT2D eigenvalue weighted by Crippen LogP contribution is -2.12. The molecule has 0 aliphatic heterocycles. The van der Waals surface area contributed by atoms with Crippen LogP contribution >= 0.6 is 11.6 Å². The summed E-state index contributed by atoms with van der Waals surface area (Å²) in [7, 11) is 0. The van der Waals surface area contributed by atoms with E-state index in [0.717, 1.165) is 6.20 Å². The third kappa shape index (κ3) is 2.88. The molecule has 19 heavy (non-hydrogen) atoms. The quantitative estimate of drug-likeness (QED) is 0.588. The van der Waals surface area contributed by atoms with Crippen molar-refractivity contribution >= 4 is 29.1 Å². The first-order valence-electron chi connectivity index (χ1n) is 5.10. The molecule has 2 rings (SSSR count). The maximum Gasteiger partial charge on any atom is 0.239 e. The minimum atomic E-state index is -0.669. The zero-order valence-corrected chi connectivity index (χ0v) is 10.2. The molecule has 8 heteroatoms. The Bertz CT molecular complexity index is 654. The summed E-state index contributed by atoms with van der Waals surface area (Å²) in [6.45, 7) is 0. The Morgan fingerprint density at radius 1 is 1.42 bits per heavy atom. The van der Waals surface area contributed by atoms with E-state index in [1.165, 1.54) is 12.1 Å². The van der Waals surface area contributed by atoms with Crippen LogP contribution in [0.2, 0.25) is 5.02 Å². The predicted molar refractivity (Wildman–Crippen MR) is 69.2 cm³/mol. The number of rotatable bonds is 3. The number of anilines is 3. The zero-order chi connectivity index (χ0) is 13.8. The Morgan fingerprint density at radius 2 is 2.21 bits per heavy atom. The molecule has 0 radical (unpaired) electrons. The lowest BCUT2D eigenvalue weighted by molar-refractivity contribution is 0.619. The summed E-state index contributed by atoms with van der Waals surface area (Å²) >= 11 is 5.95. The maximum atomic E-state index is 13.5. The lowest BCUT2D eigenvalue weighted by Gasteiger charge is -2.09. The standard InChI is InChI=1S/C11H8ClFN6/c12-7-2-1-6(4-14)3-9(7)17-10-8(13)5-16-11(18-10)19-15/h1-3,5H,15H2,(H2,16,17,18,19). The Morgan fingerprint density at radius 3 is 2.89 bits per heavy atom. The second kappa shape index (κ2) is 5.48. The SMILES string of the molecule is N#Cc1ccc(Cl)c(Nc2nc(NN)ncc2F)c1. The average Bonchev–Trinajstić information content (AvgIpc) is 2.43. The van der Waals surface area contributed by atoms with E-state index >= 15 is 0 Å². The van der Waals surface area contributed by atoms with Crippen molar-refractivity contribution in [2.75, 3.05) is 10.7 Å². The van der Waals surface area contributed by atoms with Gasteiger partial charge in [0.1, 0.15) is 0 Å². The van der Waals surface area contributed by atoms with E-state index in [-0.39, 0.29) is 11.8 Å². The van der Waals surface area contributed by atoms with Crippen LogP contribution in [0.1, 0.15) is 5.56 Å². The van der Waals surface area contributed by atoms with Crippen LogP contribution in [0.3, 0.4) is 0 Å². The smallest absolute Gasteiger partial charge is 0.239 e. The van der Waals surface area contributed by atoms with Gasteiger partial charge in [-0.3, -0.25) is 5.43 Å². The number of nitrogen functional groups attached to an aromatic ring is 1. The lowest BCUT2D eigenvalue weighted by atomic mass is 10.2. The van der Waals surface area contributed by atoms with Crippen LogP contribution < -0.4 is 16.6 Å². The topological polar surface area (TPSA) is 99.7 Å². The van der Waals surface area contributed by atoms with Crippen LogP contribution in [0.5, 0.6) is 0 Å². The van der Waals surface area contributed by atoms with Gasteiger partial charge in [-0.15, -0.1) is 0 Å². The molecule has 6 nitrogen and oxygen atoms in total. The van der Waals surface area contributed by atoms with Crippen LogP contribution in [0, 0.1) is 17.1 Å². The van der Waals surface area contributed by atoms with Gasteiger partial charge in [0.05, 0.1) is 28.5 Å². The molecule has 96 valence electrons. The van der Waals surface area contributed by atoms with E-state index in [1.807, 2.05) is 6.07 Å². The normalized spacial score (nSPS) is 9.79. The maximum absolute atomic E-state index is 13.5. The molecule has 0 saturated heterocycles. The number of halogens is 2. The number of hydrazine groups is 1. The van der Waals surface area contributed by atoms with Gasteiger partial charge in [0, 0.05) is 0 Å². The van der Waals surface area contributed by atoms with E-state index < -0.39 is 5.82 Å². The van der Waals surface area contributed by atoms with Crippen molar-refractivity contribution < 1.29 is 4.39 Å². The minimum absolute atomic E-state index is 0.0523. The first kappa shape index (κ1) is 13.0. The Hall–Kier alpha value is -2.43. The fourth-order valence-corrected chi connectivity index (χ4v) is 1.51. The molecule has 1 aromatic heterocycles. The summed E-state index contributed by atoms with van der Waals surface area (Å²) < 4.78 is 13.5. The van der Waals surface area contributed by atoms with Crippen LogP contribution in [-0.2, 0) is 0 Å². The molecule has 0 aliphatic rings. The van der Waals surface area contributed by atoms with Crippen molar-refractivity contribution in [3.05, 3.63) is 40.8 Å². The zero-order valence-electron chi connectivity index (χ0n) is 9.48. The number of nitriles is 1. The highest BCUT2D eigenvalue weighted by Crippen LogP contribution is 2.26. The Labute approximate surface area is 113 Å². The van der Waals surface area contributed by atoms with E-state index in [4.69, 9.17) is 22.7 Å². The van der Waals surface area contributed by atoms with Crippen molar-refractivity contribution in [3.8, 4) is 6.07 Å². The number of benzene rings is 1. The number of nitrogens with one attached hydrogen (secondary N) is 2. The van der Waals surface area contributed by atoms with Crippen LogP contribution in [0.4, 0.5) is 21.8 Å². The molecule has 0 fully saturated rings. The van der Waals surface area contributed by atoms with Crippen LogP contribution in [0.15, 0.2) is 24.4 Å². The van der Waals surface area contributed by atoms with Gasteiger partial charge in [-0.05, 0) is 18.2 Å². The molecule has 1 heterocycles. The summed E-state index contributed by atoms with van der Waals surface area (Å²) in [4.78, 5) is 7.42. The molecule has 2 aromatic rings. The summed E-state index contributed by atoms with van der Waals surface area (Å²) in [5, 5.41) is 11.8. The summed E-state index contributed by atoms with van der Waals surface area (Å²) in [5.41, 5.74) is 2.95. The molecule has 0 unspecified atom stereocenters. The predicted octanol–water partition coefficient (Wildman–Crippen LogP) is 2.17. The highest BCUT2D eigenvalue weighted by atomic mass is 35.5. The van der Waals surface area contributed by atoms with Crippen LogP contribution in [0.25, 0.3) is 0 Å². The number of hydrogen-bond donors (Lipinski definition) is 3. The van der Waals surface area contributed by atoms with Gasteiger partial charge < -0.3 is 5.32 Å². The van der Waals surface area contributed by atoms with Crippen molar-refractivity contribution in [2.24, 2.45) is 5.84 Å². The van der Waals surface area contributed by atoms with E-state index in [2.05, 4.69) is 20.7 Å². The minimum Gasteiger partial charge on any atom is -0.336 e. The van der Waals surface area contributed by atoms with Crippen molar-refractivity contribution in [1.29, 1.82) is 5.26 Å². The first-order chi connectivity index (χ1) is 9.13. The van der Waals surface area contributed by atoms with Gasteiger partial charge in [-0.1, -0.05) is 11.6 Å². The molecule has 0 aliphatic carbocycles. The molecule has 0 saturated carbocycles. The number of nitrogens with zero attached hydrogens (tertiary/aromatic N) is 3. The Balaban J connectivity index is 2.38. The van der Waals surface area contributed by atoms with Crippen molar-refractivity contribution in [1.82, 2.24) is 9.97 Å². The van der Waals surface area contributed by atoms with Gasteiger partial charge >= 0.3 is 0 Å². The van der Waals surface area contributed by atoms with E-state index in [0.29, 0.717) is 16.3 Å². The fraction of sp³-hybridized carbons (Fsp3) is 0. The molecule has 0 spiro atoms. The Kier molecular flexibility index (Phi) is 3.75. The first-order valence-corrected chi connectivity index (χ1v) is 5.47. The third-order valence-electron chi connectivity index (χ3n) is 2.22. The van der Waals surface area contributed by atoms with Gasteiger partial charge in [0.25, 0.3) is 0 Å². The molecule has 1 aromatic carbocycles. The second-order valence-electron chi connectivity index (χ2n) is 3.47. The number of nitrogens with two attached hydrogens (primary N) is 1. The third-order valence-corrected chi connectivity index (χ3v) is 2.55. The number of aromatic nitrogens is 2. The molecule has 0 bridgehead atoms. The van der Waals surface area contributed by atoms with Crippen LogP contribution in [-0.4, -0.2) is 9.97 Å². The van der Waals surface area contributed by atoms with E-state index in [1.54, 1.807) is 6.07 Å². The van der Waals surface area contributed by atoms with Gasteiger partial charge in [-0.2, -0.15) is 10.2 Å². The highest BCUT2D eigenvalue weighted by Gasteiger charge is 2.09. The molecule has 4 N–H and O–H groups in total. The largest absolute Gasteiger partial charge is 0.336 e. The van der Waals surface area contributed by atoms with Crippen molar-refractivity contribution in [2.45, 2.75) is 0 Å². The second-order valence-corrected chi connectivity index (χ2v) is 3.87. The van der Waals surface area contributed by atoms with Gasteiger partial charge in [0.15, 0.2) is 11.6 Å². The summed E-state index contributed by atoms with van der Waals surface area (Å²) in [6, 6.07) is 6.53. The van der Waals surface area contributed by atoms with Gasteiger partial charge in [-0.25, -0.2) is 15.2 Å². The summed E-state index contributed by atoms with van der Waals surface area (Å²) in [5.74, 6) is 4.43. The summed E-state index contributed by atoms with van der Waals surface area (Å²) in [6.07, 6.45) is 0.965. The molecular formula is C11H8ClFN6. The molecule has 0 amide bonds. The van der Waals surface area contributed by atoms with Gasteiger partial charge in [0.2, 0.25) is 5.95 Å². The number of hydrogen-bond acceptors (Lipinski definition) is 6. The highest BCUT2D eigenvalue weighted by molar-refractivity contribution is 6.33. The average molecular weight is 279 g/mol. The molecular weight excluding hydrogens is 271 g/mol. The monoisotopic (exact) mass is 278 g/mol.